The van der Waals surface area contributed by atoms with Crippen molar-refractivity contribution in [2.24, 2.45) is 0 Å². The number of rotatable bonds is 1. The molecule has 5 heteroatoms. The van der Waals surface area contributed by atoms with Crippen LogP contribution in [0, 0.1) is 0 Å². The number of hydrogen-bond donors (Lipinski definition) is 0. The SMILES string of the molecule is FC(F)(F)c1nc(-c2ccccc2)nc2c1CCc1ccccc1-2. The number of aryl methyl sites for hydroxylation is 1. The van der Waals surface area contributed by atoms with Gasteiger partial charge in [-0.25, -0.2) is 9.97 Å². The van der Waals surface area contributed by atoms with E-state index in [1.54, 1.807) is 24.3 Å². The minimum atomic E-state index is -4.50. The summed E-state index contributed by atoms with van der Waals surface area (Å²) in [5.74, 6) is 0.110. The van der Waals surface area contributed by atoms with Crippen LogP contribution in [0.2, 0.25) is 0 Å². The average Bonchev–Trinajstić information content (AvgIpc) is 2.60. The van der Waals surface area contributed by atoms with Crippen molar-refractivity contribution in [2.45, 2.75) is 19.0 Å². The summed E-state index contributed by atoms with van der Waals surface area (Å²) in [6.07, 6.45) is -3.63. The minimum absolute atomic E-state index is 0.110. The number of halogens is 3. The first-order chi connectivity index (χ1) is 11.5. The summed E-state index contributed by atoms with van der Waals surface area (Å²) < 4.78 is 40.7. The van der Waals surface area contributed by atoms with Gasteiger partial charge in [-0.05, 0) is 18.4 Å². The Hall–Kier alpha value is -2.69. The quantitative estimate of drug-likeness (QED) is 0.634. The molecule has 0 amide bonds. The van der Waals surface area contributed by atoms with Crippen molar-refractivity contribution < 1.29 is 13.2 Å². The Bertz CT molecular complexity index is 902. The first-order valence-electron chi connectivity index (χ1n) is 7.66. The molecule has 0 aliphatic heterocycles. The molecule has 0 atom stereocenters. The highest BCUT2D eigenvalue weighted by Gasteiger charge is 2.38. The molecular formula is C19H13F3N2. The molecule has 0 saturated carbocycles. The van der Waals surface area contributed by atoms with Gasteiger partial charge in [-0.2, -0.15) is 13.2 Å². The van der Waals surface area contributed by atoms with E-state index in [2.05, 4.69) is 9.97 Å². The summed E-state index contributed by atoms with van der Waals surface area (Å²) in [5.41, 5.74) is 2.15. The molecule has 4 rings (SSSR count). The van der Waals surface area contributed by atoms with Gasteiger partial charge in [0.2, 0.25) is 0 Å². The third-order valence-corrected chi connectivity index (χ3v) is 4.22. The fraction of sp³-hybridized carbons (Fsp3) is 0.158. The van der Waals surface area contributed by atoms with Crippen LogP contribution in [0.25, 0.3) is 22.6 Å². The molecule has 2 nitrogen and oxygen atoms in total. The van der Waals surface area contributed by atoms with Crippen molar-refractivity contribution in [3.05, 3.63) is 71.4 Å². The zero-order chi connectivity index (χ0) is 16.7. The van der Waals surface area contributed by atoms with Crippen LogP contribution in [0.1, 0.15) is 16.8 Å². The maximum Gasteiger partial charge on any atom is 0.433 e. The summed E-state index contributed by atoms with van der Waals surface area (Å²) in [6, 6.07) is 16.3. The van der Waals surface area contributed by atoms with Gasteiger partial charge in [0.15, 0.2) is 11.5 Å². The van der Waals surface area contributed by atoms with E-state index in [4.69, 9.17) is 0 Å². The number of aromatic nitrogens is 2. The van der Waals surface area contributed by atoms with Crippen molar-refractivity contribution in [3.63, 3.8) is 0 Å². The Morgan fingerprint density at radius 3 is 2.25 bits per heavy atom. The van der Waals surface area contributed by atoms with Gasteiger partial charge in [0.25, 0.3) is 0 Å². The molecule has 1 aromatic heterocycles. The van der Waals surface area contributed by atoms with Crippen LogP contribution in [0.3, 0.4) is 0 Å². The second kappa shape index (κ2) is 5.44. The van der Waals surface area contributed by atoms with Crippen molar-refractivity contribution in [1.29, 1.82) is 0 Å². The van der Waals surface area contributed by atoms with E-state index in [0.717, 1.165) is 11.1 Å². The highest BCUT2D eigenvalue weighted by atomic mass is 19.4. The molecule has 0 saturated heterocycles. The van der Waals surface area contributed by atoms with Crippen LogP contribution in [0.15, 0.2) is 54.6 Å². The molecule has 0 unspecified atom stereocenters. The second-order valence-corrected chi connectivity index (χ2v) is 5.74. The van der Waals surface area contributed by atoms with E-state index in [1.165, 1.54) is 0 Å². The normalized spacial score (nSPS) is 13.3. The Morgan fingerprint density at radius 2 is 1.50 bits per heavy atom. The van der Waals surface area contributed by atoms with E-state index in [1.807, 2.05) is 30.3 Å². The molecule has 3 aromatic rings. The fourth-order valence-corrected chi connectivity index (χ4v) is 3.12. The van der Waals surface area contributed by atoms with Gasteiger partial charge in [0, 0.05) is 16.7 Å². The minimum Gasteiger partial charge on any atom is -0.228 e. The van der Waals surface area contributed by atoms with Crippen LogP contribution in [0.4, 0.5) is 13.2 Å². The predicted octanol–water partition coefficient (Wildman–Crippen LogP) is 4.93. The summed E-state index contributed by atoms with van der Waals surface area (Å²) in [7, 11) is 0. The van der Waals surface area contributed by atoms with E-state index in [-0.39, 0.29) is 11.4 Å². The van der Waals surface area contributed by atoms with E-state index in [9.17, 15) is 13.2 Å². The van der Waals surface area contributed by atoms with Crippen LogP contribution < -0.4 is 0 Å². The third-order valence-electron chi connectivity index (χ3n) is 4.22. The standard InChI is InChI=1S/C19H13F3N2/c20-19(21,22)17-15-11-10-12-6-4-5-9-14(12)16(15)23-18(24-17)13-7-2-1-3-8-13/h1-9H,10-11H2. The highest BCUT2D eigenvalue weighted by molar-refractivity contribution is 5.72. The zero-order valence-electron chi connectivity index (χ0n) is 12.6. The summed E-state index contributed by atoms with van der Waals surface area (Å²) >= 11 is 0. The lowest BCUT2D eigenvalue weighted by molar-refractivity contribution is -0.141. The maximum atomic E-state index is 13.6. The monoisotopic (exact) mass is 326 g/mol. The highest BCUT2D eigenvalue weighted by Crippen LogP contribution is 2.40. The Kier molecular flexibility index (Phi) is 3.37. The number of benzene rings is 2. The van der Waals surface area contributed by atoms with Gasteiger partial charge < -0.3 is 0 Å². The molecule has 0 N–H and O–H groups in total. The van der Waals surface area contributed by atoms with Gasteiger partial charge in [0.05, 0.1) is 5.69 Å². The molecule has 120 valence electrons. The average molecular weight is 326 g/mol. The number of alkyl halides is 3. The molecule has 0 radical (unpaired) electrons. The predicted molar refractivity (Wildman–Crippen MR) is 85.3 cm³/mol. The van der Waals surface area contributed by atoms with Gasteiger partial charge >= 0.3 is 6.18 Å². The van der Waals surface area contributed by atoms with E-state index < -0.39 is 11.9 Å². The van der Waals surface area contributed by atoms with Crippen LogP contribution in [0.5, 0.6) is 0 Å². The first kappa shape index (κ1) is 14.9. The number of fused-ring (bicyclic) bond motifs is 3. The van der Waals surface area contributed by atoms with Gasteiger partial charge in [0.1, 0.15) is 0 Å². The summed E-state index contributed by atoms with van der Waals surface area (Å²) in [4.78, 5) is 8.35. The van der Waals surface area contributed by atoms with Crippen molar-refractivity contribution in [3.8, 4) is 22.6 Å². The molecule has 1 aliphatic carbocycles. The number of nitrogens with zero attached hydrogens (tertiary/aromatic N) is 2. The lowest BCUT2D eigenvalue weighted by Gasteiger charge is -2.22. The summed E-state index contributed by atoms with van der Waals surface area (Å²) in [6.45, 7) is 0. The van der Waals surface area contributed by atoms with Crippen LogP contribution >= 0.6 is 0 Å². The van der Waals surface area contributed by atoms with E-state index in [0.29, 0.717) is 24.1 Å². The van der Waals surface area contributed by atoms with Crippen molar-refractivity contribution in [1.82, 2.24) is 9.97 Å². The first-order valence-corrected chi connectivity index (χ1v) is 7.66. The molecule has 1 heterocycles. The number of hydrogen-bond acceptors (Lipinski definition) is 2. The fourth-order valence-electron chi connectivity index (χ4n) is 3.12. The zero-order valence-corrected chi connectivity index (χ0v) is 12.6. The van der Waals surface area contributed by atoms with E-state index >= 15 is 0 Å². The molecule has 1 aliphatic rings. The van der Waals surface area contributed by atoms with Crippen molar-refractivity contribution >= 4 is 0 Å². The topological polar surface area (TPSA) is 25.8 Å². The van der Waals surface area contributed by atoms with Gasteiger partial charge in [-0.3, -0.25) is 0 Å². The Morgan fingerprint density at radius 1 is 0.792 bits per heavy atom. The molecule has 0 bridgehead atoms. The maximum absolute atomic E-state index is 13.6. The lowest BCUT2D eigenvalue weighted by Crippen LogP contribution is -2.18. The third kappa shape index (κ3) is 2.46. The summed E-state index contributed by atoms with van der Waals surface area (Å²) in [5, 5.41) is 0. The van der Waals surface area contributed by atoms with Crippen LogP contribution in [-0.2, 0) is 19.0 Å². The van der Waals surface area contributed by atoms with Crippen molar-refractivity contribution in [2.75, 3.05) is 0 Å². The van der Waals surface area contributed by atoms with Crippen LogP contribution in [-0.4, -0.2) is 9.97 Å². The van der Waals surface area contributed by atoms with Gasteiger partial charge in [-0.15, -0.1) is 0 Å². The molecule has 0 spiro atoms. The Labute approximate surface area is 137 Å². The molecule has 24 heavy (non-hydrogen) atoms. The largest absolute Gasteiger partial charge is 0.433 e. The molecular weight excluding hydrogens is 313 g/mol. The van der Waals surface area contributed by atoms with Gasteiger partial charge in [-0.1, -0.05) is 54.6 Å². The molecule has 0 fully saturated rings. The Balaban J connectivity index is 2.01. The molecule has 2 aromatic carbocycles. The lowest BCUT2D eigenvalue weighted by atomic mass is 9.88. The second-order valence-electron chi connectivity index (χ2n) is 5.74. The smallest absolute Gasteiger partial charge is 0.228 e.